The van der Waals surface area contributed by atoms with Crippen LogP contribution in [0.4, 0.5) is 5.00 Å². The summed E-state index contributed by atoms with van der Waals surface area (Å²) in [6.07, 6.45) is 5.22. The summed E-state index contributed by atoms with van der Waals surface area (Å²) in [6.45, 7) is 4.54. The highest BCUT2D eigenvalue weighted by Gasteiger charge is 2.28. The molecule has 3 N–H and O–H groups in total. The summed E-state index contributed by atoms with van der Waals surface area (Å²) >= 11 is 1.49. The van der Waals surface area contributed by atoms with Crippen LogP contribution in [-0.4, -0.2) is 18.4 Å². The number of para-hydroxylation sites is 1. The molecule has 27 heavy (non-hydrogen) atoms. The smallest absolute Gasteiger partial charge is 0.260 e. The minimum Gasteiger partial charge on any atom is -0.493 e. The quantitative estimate of drug-likeness (QED) is 0.740. The molecule has 0 saturated carbocycles. The number of nitrogens with two attached hydrogens (primary N) is 1. The number of benzene rings is 1. The highest BCUT2D eigenvalue weighted by Crippen LogP contribution is 2.40. The second-order valence-electron chi connectivity index (χ2n) is 6.85. The van der Waals surface area contributed by atoms with E-state index in [4.69, 9.17) is 10.5 Å². The van der Waals surface area contributed by atoms with Crippen molar-refractivity contribution >= 4 is 28.2 Å². The van der Waals surface area contributed by atoms with Crippen LogP contribution in [0.5, 0.6) is 5.75 Å². The van der Waals surface area contributed by atoms with E-state index in [-0.39, 0.29) is 5.91 Å². The van der Waals surface area contributed by atoms with Crippen LogP contribution in [0.25, 0.3) is 0 Å². The minimum absolute atomic E-state index is 0.287. The van der Waals surface area contributed by atoms with Gasteiger partial charge in [-0.25, -0.2) is 0 Å². The molecule has 0 bridgehead atoms. The molecule has 0 radical (unpaired) electrons. The molecular formula is C21H26N2O3S. The summed E-state index contributed by atoms with van der Waals surface area (Å²) in [4.78, 5) is 26.1. The Morgan fingerprint density at radius 2 is 2.07 bits per heavy atom. The lowest BCUT2D eigenvalue weighted by molar-refractivity contribution is 0.1000. The molecule has 2 amide bonds. The van der Waals surface area contributed by atoms with E-state index in [2.05, 4.69) is 12.2 Å². The van der Waals surface area contributed by atoms with Crippen molar-refractivity contribution in [2.24, 2.45) is 11.7 Å². The fourth-order valence-electron chi connectivity index (χ4n) is 3.76. The fourth-order valence-corrected chi connectivity index (χ4v) is 5.13. The first kappa shape index (κ1) is 19.4. The highest BCUT2D eigenvalue weighted by molar-refractivity contribution is 7.17. The van der Waals surface area contributed by atoms with Gasteiger partial charge >= 0.3 is 0 Å². The molecule has 0 fully saturated rings. The van der Waals surface area contributed by atoms with Crippen molar-refractivity contribution in [3.05, 3.63) is 45.8 Å². The standard InChI is InChI=1S/C21H26N2O3S/c1-3-7-13-10-11-15-17(12-13)27-21(18(15)19(22)24)23-20(25)14-8-5-6-9-16(14)26-4-2/h5-6,8-9,13H,3-4,7,10-12H2,1-2H3,(H2,22,24)(H,23,25)/t13-/m0/s1. The van der Waals surface area contributed by atoms with Gasteiger partial charge in [0.25, 0.3) is 11.8 Å². The van der Waals surface area contributed by atoms with Gasteiger partial charge in [0.15, 0.2) is 0 Å². The van der Waals surface area contributed by atoms with Crippen LogP contribution in [-0.2, 0) is 12.8 Å². The number of carbonyl (C=O) groups excluding carboxylic acids is 2. The number of anilines is 1. The maximum absolute atomic E-state index is 12.8. The van der Waals surface area contributed by atoms with E-state index < -0.39 is 5.91 Å². The Labute approximate surface area is 163 Å². The molecule has 1 aliphatic rings. The number of primary amides is 1. The van der Waals surface area contributed by atoms with Gasteiger partial charge in [-0.05, 0) is 49.8 Å². The normalized spacial score (nSPS) is 15.9. The van der Waals surface area contributed by atoms with Crippen molar-refractivity contribution in [2.45, 2.75) is 46.0 Å². The number of thiophene rings is 1. The van der Waals surface area contributed by atoms with Gasteiger partial charge in [0.05, 0.1) is 17.7 Å². The van der Waals surface area contributed by atoms with E-state index in [0.29, 0.717) is 34.4 Å². The summed E-state index contributed by atoms with van der Waals surface area (Å²) in [7, 11) is 0. The zero-order valence-electron chi connectivity index (χ0n) is 15.8. The Kier molecular flexibility index (Phi) is 6.16. The van der Waals surface area contributed by atoms with Crippen molar-refractivity contribution in [2.75, 3.05) is 11.9 Å². The van der Waals surface area contributed by atoms with Gasteiger partial charge in [0.2, 0.25) is 0 Å². The van der Waals surface area contributed by atoms with Crippen LogP contribution in [0.15, 0.2) is 24.3 Å². The molecule has 2 aromatic rings. The summed E-state index contributed by atoms with van der Waals surface area (Å²) in [6, 6.07) is 7.10. The average molecular weight is 387 g/mol. The number of nitrogens with one attached hydrogen (secondary N) is 1. The van der Waals surface area contributed by atoms with Crippen molar-refractivity contribution in [3.63, 3.8) is 0 Å². The SMILES string of the molecule is CCC[C@H]1CCc2c(sc(NC(=O)c3ccccc3OCC)c2C(N)=O)C1. The number of carbonyl (C=O) groups is 2. The number of ether oxygens (including phenoxy) is 1. The number of fused-ring (bicyclic) bond motifs is 1. The van der Waals surface area contributed by atoms with Crippen LogP contribution in [0, 0.1) is 5.92 Å². The van der Waals surface area contributed by atoms with E-state index in [0.717, 1.165) is 31.2 Å². The van der Waals surface area contributed by atoms with Crippen molar-refractivity contribution < 1.29 is 14.3 Å². The second kappa shape index (κ2) is 8.57. The van der Waals surface area contributed by atoms with Crippen LogP contribution in [0.1, 0.15) is 64.3 Å². The lowest BCUT2D eigenvalue weighted by atomic mass is 9.84. The number of hydrogen-bond acceptors (Lipinski definition) is 4. The molecule has 3 rings (SSSR count). The van der Waals surface area contributed by atoms with Crippen molar-refractivity contribution in [1.29, 1.82) is 0 Å². The average Bonchev–Trinajstić information content (AvgIpc) is 3.00. The first-order chi connectivity index (χ1) is 13.0. The molecule has 0 aliphatic heterocycles. The van der Waals surface area contributed by atoms with Crippen LogP contribution >= 0.6 is 11.3 Å². The Hall–Kier alpha value is -2.34. The van der Waals surface area contributed by atoms with E-state index in [1.165, 1.54) is 22.6 Å². The predicted octanol–water partition coefficient (Wildman–Crippen LogP) is 4.40. The van der Waals surface area contributed by atoms with Gasteiger partial charge in [0, 0.05) is 4.88 Å². The lowest BCUT2D eigenvalue weighted by Gasteiger charge is -2.21. The maximum atomic E-state index is 12.8. The molecule has 6 heteroatoms. The minimum atomic E-state index is -0.477. The summed E-state index contributed by atoms with van der Waals surface area (Å²) in [5.41, 5.74) is 7.61. The largest absolute Gasteiger partial charge is 0.493 e. The molecule has 1 atom stereocenters. The van der Waals surface area contributed by atoms with Crippen molar-refractivity contribution in [3.8, 4) is 5.75 Å². The zero-order chi connectivity index (χ0) is 19.4. The number of hydrogen-bond donors (Lipinski definition) is 2. The van der Waals surface area contributed by atoms with Gasteiger partial charge in [-0.3, -0.25) is 9.59 Å². The van der Waals surface area contributed by atoms with Crippen molar-refractivity contribution in [1.82, 2.24) is 0 Å². The summed E-state index contributed by atoms with van der Waals surface area (Å²) in [5, 5.41) is 3.47. The fraction of sp³-hybridized carbons (Fsp3) is 0.429. The maximum Gasteiger partial charge on any atom is 0.260 e. The first-order valence-electron chi connectivity index (χ1n) is 9.52. The van der Waals surface area contributed by atoms with E-state index in [9.17, 15) is 9.59 Å². The van der Waals surface area contributed by atoms with Gasteiger partial charge in [-0.15, -0.1) is 11.3 Å². The predicted molar refractivity (Wildman–Crippen MR) is 109 cm³/mol. The third kappa shape index (κ3) is 4.16. The molecule has 144 valence electrons. The van der Waals surface area contributed by atoms with E-state index in [1.807, 2.05) is 13.0 Å². The first-order valence-corrected chi connectivity index (χ1v) is 10.3. The number of amides is 2. The Bertz CT molecular complexity index is 844. The zero-order valence-corrected chi connectivity index (χ0v) is 16.7. The van der Waals surface area contributed by atoms with Crippen LogP contribution in [0.3, 0.4) is 0 Å². The molecule has 1 aromatic carbocycles. The topological polar surface area (TPSA) is 81.4 Å². The van der Waals surface area contributed by atoms with Gasteiger partial charge < -0.3 is 15.8 Å². The van der Waals surface area contributed by atoms with Gasteiger partial charge in [-0.1, -0.05) is 31.9 Å². The molecule has 0 unspecified atom stereocenters. The van der Waals surface area contributed by atoms with E-state index >= 15 is 0 Å². The molecular weight excluding hydrogens is 360 g/mol. The third-order valence-electron chi connectivity index (χ3n) is 4.97. The van der Waals surface area contributed by atoms with Crippen LogP contribution < -0.4 is 15.8 Å². The molecule has 5 nitrogen and oxygen atoms in total. The third-order valence-corrected chi connectivity index (χ3v) is 6.14. The van der Waals surface area contributed by atoms with Crippen LogP contribution in [0.2, 0.25) is 0 Å². The van der Waals surface area contributed by atoms with Gasteiger partial charge in [0.1, 0.15) is 10.8 Å². The summed E-state index contributed by atoms with van der Waals surface area (Å²) in [5.74, 6) is 0.409. The second-order valence-corrected chi connectivity index (χ2v) is 7.96. The molecule has 0 spiro atoms. The lowest BCUT2D eigenvalue weighted by Crippen LogP contribution is -2.20. The number of rotatable bonds is 7. The molecule has 1 aliphatic carbocycles. The highest BCUT2D eigenvalue weighted by atomic mass is 32.1. The molecule has 1 aromatic heterocycles. The van der Waals surface area contributed by atoms with Gasteiger partial charge in [-0.2, -0.15) is 0 Å². The Morgan fingerprint density at radius 1 is 1.30 bits per heavy atom. The molecule has 0 saturated heterocycles. The monoisotopic (exact) mass is 386 g/mol. The molecule has 1 heterocycles. The Balaban J connectivity index is 1.89. The summed E-state index contributed by atoms with van der Waals surface area (Å²) < 4.78 is 5.55. The van der Waals surface area contributed by atoms with E-state index in [1.54, 1.807) is 18.2 Å². The Morgan fingerprint density at radius 3 is 2.78 bits per heavy atom.